The number of aliphatic hydroxyl groups excluding tert-OH is 1. The lowest BCUT2D eigenvalue weighted by Gasteiger charge is -2.25. The molecular weight excluding hydrogens is 887 g/mol. The SMILES string of the molecule is CCN(CC)c1cc(Nc2nc(Nc3cc(N(CC)CC)c(OC)cc3/N=N/c3ccc(S(=O)(=O)O)cc3C)nc(SCCO)n2)c(/N=N/c2ccc(S(=O)(=O)O)cc2C)cc1OC. The van der Waals surface area contributed by atoms with Gasteiger partial charge in [0.15, 0.2) is 5.16 Å². The Bertz CT molecular complexity index is 2570. The molecule has 0 fully saturated rings. The maximum Gasteiger partial charge on any atom is 0.294 e. The zero-order chi connectivity index (χ0) is 46.8. The van der Waals surface area contributed by atoms with Gasteiger partial charge in [0.25, 0.3) is 20.2 Å². The van der Waals surface area contributed by atoms with Gasteiger partial charge in [-0.25, -0.2) is 0 Å². The minimum atomic E-state index is -4.43. The van der Waals surface area contributed by atoms with E-state index >= 15 is 0 Å². The Balaban J connectivity index is 1.65. The molecule has 0 unspecified atom stereocenters. The van der Waals surface area contributed by atoms with E-state index in [1.54, 1.807) is 40.2 Å². The molecule has 0 aliphatic rings. The fraction of sp³-hybridized carbons (Fsp3) is 0.341. The van der Waals surface area contributed by atoms with E-state index in [2.05, 4.69) is 50.9 Å². The molecule has 20 nitrogen and oxygen atoms in total. The van der Waals surface area contributed by atoms with Crippen LogP contribution in [0.15, 0.2) is 96.1 Å². The van der Waals surface area contributed by atoms with Crippen molar-refractivity contribution >= 4 is 89.4 Å². The fourth-order valence-electron chi connectivity index (χ4n) is 6.36. The van der Waals surface area contributed by atoms with Crippen molar-refractivity contribution in [3.05, 3.63) is 71.8 Å². The molecule has 0 atom stereocenters. The van der Waals surface area contributed by atoms with Crippen LogP contribution < -0.4 is 29.9 Å². The van der Waals surface area contributed by atoms with Crippen molar-refractivity contribution < 1.29 is 40.5 Å². The maximum atomic E-state index is 11.8. The number of thioether (sulfide) groups is 1. The largest absolute Gasteiger partial charge is 0.494 e. The summed E-state index contributed by atoms with van der Waals surface area (Å²) in [6.07, 6.45) is 0. The Morgan fingerprint density at radius 2 is 1.00 bits per heavy atom. The smallest absolute Gasteiger partial charge is 0.294 e. The highest BCUT2D eigenvalue weighted by molar-refractivity contribution is 7.99. The van der Waals surface area contributed by atoms with Crippen LogP contribution in [0.2, 0.25) is 0 Å². The summed E-state index contributed by atoms with van der Waals surface area (Å²) in [6, 6.07) is 15.0. The van der Waals surface area contributed by atoms with Crippen LogP contribution in [0.5, 0.6) is 11.5 Å². The van der Waals surface area contributed by atoms with Crippen molar-refractivity contribution in [3.63, 3.8) is 0 Å². The average molecular weight is 938 g/mol. The zero-order valence-electron chi connectivity index (χ0n) is 36.6. The van der Waals surface area contributed by atoms with Crippen LogP contribution in [0.4, 0.5) is 57.4 Å². The molecule has 0 saturated heterocycles. The molecule has 0 aliphatic heterocycles. The summed E-state index contributed by atoms with van der Waals surface area (Å²) in [6.45, 7) is 13.8. The third-order valence-corrected chi connectivity index (χ3v) is 12.2. The summed E-state index contributed by atoms with van der Waals surface area (Å²) in [5.74, 6) is 1.47. The Morgan fingerprint density at radius 3 is 1.33 bits per heavy atom. The molecule has 0 aliphatic carbocycles. The van der Waals surface area contributed by atoms with Gasteiger partial charge in [0.05, 0.1) is 64.7 Å². The van der Waals surface area contributed by atoms with Crippen LogP contribution in [0.3, 0.4) is 0 Å². The number of hydrogen-bond donors (Lipinski definition) is 5. The highest BCUT2D eigenvalue weighted by Crippen LogP contribution is 2.43. The lowest BCUT2D eigenvalue weighted by molar-refractivity contribution is 0.322. The number of ether oxygens (including phenoxy) is 2. The van der Waals surface area contributed by atoms with E-state index in [1.807, 2.05) is 39.8 Å². The second kappa shape index (κ2) is 21.6. The quantitative estimate of drug-likeness (QED) is 0.0261. The predicted molar refractivity (Wildman–Crippen MR) is 248 cm³/mol. The maximum absolute atomic E-state index is 11.8. The van der Waals surface area contributed by atoms with Gasteiger partial charge in [-0.15, -0.1) is 10.2 Å². The Hall–Kier alpha value is -5.98. The van der Waals surface area contributed by atoms with E-state index in [-0.39, 0.29) is 39.2 Å². The van der Waals surface area contributed by atoms with Gasteiger partial charge in [0.2, 0.25) is 11.9 Å². The summed E-state index contributed by atoms with van der Waals surface area (Å²) in [5.41, 5.74) is 4.55. The van der Waals surface area contributed by atoms with Crippen molar-refractivity contribution in [1.82, 2.24) is 15.0 Å². The van der Waals surface area contributed by atoms with Gasteiger partial charge in [0.1, 0.15) is 22.9 Å². The summed E-state index contributed by atoms with van der Waals surface area (Å²) in [5, 5.41) is 34.5. The van der Waals surface area contributed by atoms with E-state index < -0.39 is 20.2 Å². The van der Waals surface area contributed by atoms with Crippen molar-refractivity contribution in [2.75, 3.05) is 73.2 Å². The van der Waals surface area contributed by atoms with Crippen LogP contribution in [-0.4, -0.2) is 98.8 Å². The summed E-state index contributed by atoms with van der Waals surface area (Å²) in [7, 11) is -5.77. The number of nitrogens with zero attached hydrogens (tertiary/aromatic N) is 9. The summed E-state index contributed by atoms with van der Waals surface area (Å²) in [4.78, 5) is 17.7. The van der Waals surface area contributed by atoms with Crippen molar-refractivity contribution in [3.8, 4) is 11.5 Å². The Morgan fingerprint density at radius 1 is 0.609 bits per heavy atom. The van der Waals surface area contributed by atoms with Gasteiger partial charge in [0, 0.05) is 44.1 Å². The minimum Gasteiger partial charge on any atom is -0.494 e. The highest BCUT2D eigenvalue weighted by atomic mass is 32.2. The van der Waals surface area contributed by atoms with E-state index in [4.69, 9.17) is 14.5 Å². The van der Waals surface area contributed by atoms with Crippen molar-refractivity contribution in [1.29, 1.82) is 0 Å². The first-order valence-electron chi connectivity index (χ1n) is 19.9. The number of benzene rings is 4. The number of azo groups is 2. The van der Waals surface area contributed by atoms with E-state index in [9.17, 15) is 31.0 Å². The zero-order valence-corrected chi connectivity index (χ0v) is 39.0. The minimum absolute atomic E-state index is 0.0916. The standard InChI is InChI=1S/C41H51N11O9S3/c1-9-51(10-2)35-21-31(33(23-37(35)60-7)49-47-29-15-13-27(19-25(29)5)63(54,55)56)42-39-44-40(46-41(45-39)62-18-17-53)43-32-22-36(52(11-3)12-4)38(61-8)24-34(32)50-48-30-16-14-28(20-26(30)6)64(57,58)59/h13-16,19-24,53H,9-12,17-18H2,1-8H3,(H,54,55,56)(H,57,58,59)(H2,42,43,44,45,46)/b49-47+,50-48+. The van der Waals surface area contributed by atoms with E-state index in [0.29, 0.717) is 82.9 Å². The number of methoxy groups -OCH3 is 2. The molecule has 64 heavy (non-hydrogen) atoms. The molecule has 5 rings (SSSR count). The molecule has 0 radical (unpaired) electrons. The number of aromatic nitrogens is 3. The number of aliphatic hydroxyl groups is 1. The summed E-state index contributed by atoms with van der Waals surface area (Å²) >= 11 is 1.19. The fourth-order valence-corrected chi connectivity index (χ4v) is 8.07. The van der Waals surface area contributed by atoms with Crippen molar-refractivity contribution in [2.45, 2.75) is 56.5 Å². The van der Waals surface area contributed by atoms with Gasteiger partial charge in [-0.2, -0.15) is 42.0 Å². The molecule has 4 aromatic carbocycles. The van der Waals surface area contributed by atoms with Crippen LogP contribution in [0.25, 0.3) is 0 Å². The lowest BCUT2D eigenvalue weighted by Crippen LogP contribution is -2.22. The molecule has 5 aromatic rings. The van der Waals surface area contributed by atoms with Crippen LogP contribution in [0, 0.1) is 13.8 Å². The molecule has 0 spiro atoms. The highest BCUT2D eigenvalue weighted by Gasteiger charge is 2.20. The first-order chi connectivity index (χ1) is 30.5. The van der Waals surface area contributed by atoms with Gasteiger partial charge >= 0.3 is 0 Å². The van der Waals surface area contributed by atoms with Gasteiger partial charge in [-0.3, -0.25) is 9.11 Å². The Kier molecular flexibility index (Phi) is 16.6. The van der Waals surface area contributed by atoms with E-state index in [1.165, 1.54) is 48.2 Å². The monoisotopic (exact) mass is 937 g/mol. The molecule has 1 aromatic heterocycles. The van der Waals surface area contributed by atoms with Crippen LogP contribution >= 0.6 is 11.8 Å². The van der Waals surface area contributed by atoms with Crippen LogP contribution in [0.1, 0.15) is 38.8 Å². The first-order valence-corrected chi connectivity index (χ1v) is 23.8. The Labute approximate surface area is 376 Å². The second-order valence-corrected chi connectivity index (χ2v) is 17.7. The average Bonchev–Trinajstić information content (AvgIpc) is 3.25. The normalized spacial score (nSPS) is 11.9. The molecular formula is C41H51N11O9S3. The number of rotatable bonds is 21. The van der Waals surface area contributed by atoms with Crippen LogP contribution in [-0.2, 0) is 20.2 Å². The molecule has 342 valence electrons. The number of aryl methyl sites for hydroxylation is 2. The third kappa shape index (κ3) is 12.2. The van der Waals surface area contributed by atoms with Crippen molar-refractivity contribution in [2.24, 2.45) is 20.5 Å². The molecule has 0 bridgehead atoms. The number of hydrogen-bond acceptors (Lipinski definition) is 19. The molecule has 0 saturated carbocycles. The third-order valence-electron chi connectivity index (χ3n) is 9.70. The van der Waals surface area contributed by atoms with E-state index in [0.717, 1.165) is 11.4 Å². The molecule has 5 N–H and O–H groups in total. The second-order valence-electron chi connectivity index (χ2n) is 13.8. The topological polar surface area (TPSA) is 266 Å². The molecule has 0 amide bonds. The number of anilines is 6. The van der Waals surface area contributed by atoms with Gasteiger partial charge in [-0.05, 0) is 101 Å². The molecule has 23 heteroatoms. The summed E-state index contributed by atoms with van der Waals surface area (Å²) < 4.78 is 77.7. The predicted octanol–water partition coefficient (Wildman–Crippen LogP) is 9.09. The first kappa shape index (κ1) is 49.0. The van der Waals surface area contributed by atoms with Gasteiger partial charge in [-0.1, -0.05) is 11.8 Å². The van der Waals surface area contributed by atoms with Gasteiger partial charge < -0.3 is 35.0 Å². The molecule has 1 heterocycles. The lowest BCUT2D eigenvalue weighted by atomic mass is 10.2. The number of nitrogens with one attached hydrogen (secondary N) is 2.